The molecule has 0 N–H and O–H groups in total. The molecule has 0 bridgehead atoms. The van der Waals surface area contributed by atoms with Crippen molar-refractivity contribution in [3.05, 3.63) is 17.2 Å². The Kier molecular flexibility index (Phi) is 2.76. The maximum atomic E-state index is 13.8. The highest BCUT2D eigenvalue weighted by molar-refractivity contribution is 5.19. The Morgan fingerprint density at radius 3 is 2.50 bits per heavy atom. The van der Waals surface area contributed by atoms with E-state index in [-0.39, 0.29) is 0 Å². The third kappa shape index (κ3) is 1.79. The van der Waals surface area contributed by atoms with Gasteiger partial charge in [0.1, 0.15) is 12.0 Å². The average molecular weight is 250 g/mol. The van der Waals surface area contributed by atoms with Crippen LogP contribution in [0, 0.1) is 31.6 Å². The van der Waals surface area contributed by atoms with Gasteiger partial charge in [-0.05, 0) is 44.4 Å². The molecule has 0 aromatic carbocycles. The molecule has 2 saturated carbocycles. The van der Waals surface area contributed by atoms with Crippen molar-refractivity contribution in [2.24, 2.45) is 17.8 Å². The highest BCUT2D eigenvalue weighted by Gasteiger charge is 2.56. The second kappa shape index (κ2) is 4.07. The molecule has 4 unspecified atom stereocenters. The van der Waals surface area contributed by atoms with E-state index in [1.807, 2.05) is 0 Å². The van der Waals surface area contributed by atoms with E-state index in [2.05, 4.69) is 32.3 Å². The molecule has 1 heterocycles. The number of aryl methyl sites for hydroxylation is 1. The molecule has 4 atom stereocenters. The summed E-state index contributed by atoms with van der Waals surface area (Å²) in [5.41, 5.74) is 2.36. The molecule has 3 heteroatoms. The minimum atomic E-state index is -0.575. The summed E-state index contributed by atoms with van der Waals surface area (Å²) in [6.07, 6.45) is 2.22. The van der Waals surface area contributed by atoms with Crippen LogP contribution >= 0.6 is 0 Å². The molecule has 1 aromatic heterocycles. The van der Waals surface area contributed by atoms with Crippen LogP contribution in [0.4, 0.5) is 4.39 Å². The molecule has 0 saturated heterocycles. The van der Waals surface area contributed by atoms with Crippen LogP contribution in [0.15, 0.2) is 0 Å². The largest absolute Gasteiger partial charge is 0.329 e. The minimum Gasteiger partial charge on any atom is -0.329 e. The number of aromatic nitrogens is 2. The van der Waals surface area contributed by atoms with Gasteiger partial charge < -0.3 is 4.57 Å². The number of halogens is 1. The van der Waals surface area contributed by atoms with Gasteiger partial charge in [0.25, 0.3) is 0 Å². The predicted octanol–water partition coefficient (Wildman–Crippen LogP) is 3.62. The highest BCUT2D eigenvalue weighted by Crippen LogP contribution is 2.59. The van der Waals surface area contributed by atoms with E-state index >= 15 is 0 Å². The second-order valence-corrected chi connectivity index (χ2v) is 6.55. The molecule has 2 nitrogen and oxygen atoms in total. The molecule has 0 radical (unpaired) electrons. The Labute approximate surface area is 109 Å². The van der Waals surface area contributed by atoms with Crippen molar-refractivity contribution in [1.82, 2.24) is 9.55 Å². The fourth-order valence-electron chi connectivity index (χ4n) is 3.62. The van der Waals surface area contributed by atoms with Crippen LogP contribution in [0.25, 0.3) is 0 Å². The lowest BCUT2D eigenvalue weighted by atomic mass is 10.1. The quantitative estimate of drug-likeness (QED) is 0.801. The number of rotatable bonds is 3. The zero-order chi connectivity index (χ0) is 13.0. The lowest BCUT2D eigenvalue weighted by molar-refractivity contribution is 0.285. The molecular formula is C15H23FN2. The average Bonchev–Trinajstić information content (AvgIpc) is 2.94. The van der Waals surface area contributed by atoms with E-state index in [4.69, 9.17) is 4.98 Å². The number of alkyl halides is 1. The van der Waals surface area contributed by atoms with Gasteiger partial charge in [-0.1, -0.05) is 13.8 Å². The van der Waals surface area contributed by atoms with Crippen LogP contribution in [0.2, 0.25) is 0 Å². The molecule has 3 rings (SSSR count). The van der Waals surface area contributed by atoms with Crippen molar-refractivity contribution in [1.29, 1.82) is 0 Å². The van der Waals surface area contributed by atoms with Crippen LogP contribution < -0.4 is 0 Å². The summed E-state index contributed by atoms with van der Waals surface area (Å²) in [5, 5.41) is 0. The predicted molar refractivity (Wildman–Crippen MR) is 70.4 cm³/mol. The Morgan fingerprint density at radius 1 is 1.28 bits per heavy atom. The first-order chi connectivity index (χ1) is 8.49. The Hall–Kier alpha value is -0.860. The van der Waals surface area contributed by atoms with Gasteiger partial charge in [-0.3, -0.25) is 0 Å². The molecule has 2 fully saturated rings. The number of fused-ring (bicyclic) bond motifs is 1. The third-order valence-electron chi connectivity index (χ3n) is 4.70. The van der Waals surface area contributed by atoms with Crippen LogP contribution in [0.1, 0.15) is 49.9 Å². The first-order valence-electron chi connectivity index (χ1n) is 7.17. The Bertz CT molecular complexity index is 463. The minimum absolute atomic E-state index is 0.351. The highest BCUT2D eigenvalue weighted by atomic mass is 19.1. The summed E-state index contributed by atoms with van der Waals surface area (Å²) in [4.78, 5) is 4.71. The zero-order valence-corrected chi connectivity index (χ0v) is 11.8. The number of imidazole rings is 1. The molecular weight excluding hydrogens is 227 g/mol. The van der Waals surface area contributed by atoms with Gasteiger partial charge in [-0.2, -0.15) is 0 Å². The number of hydrogen-bond donors (Lipinski definition) is 0. The summed E-state index contributed by atoms with van der Waals surface area (Å²) in [6.45, 7) is 8.64. The van der Waals surface area contributed by atoms with E-state index in [9.17, 15) is 4.39 Å². The fourth-order valence-corrected chi connectivity index (χ4v) is 3.62. The first kappa shape index (κ1) is 12.2. The second-order valence-electron chi connectivity index (χ2n) is 6.55. The lowest BCUT2D eigenvalue weighted by Crippen LogP contribution is -2.16. The van der Waals surface area contributed by atoms with E-state index < -0.39 is 6.17 Å². The van der Waals surface area contributed by atoms with Crippen LogP contribution in [0.5, 0.6) is 0 Å². The van der Waals surface area contributed by atoms with E-state index in [1.165, 1.54) is 11.5 Å². The summed E-state index contributed by atoms with van der Waals surface area (Å²) in [7, 11) is 0. The van der Waals surface area contributed by atoms with Gasteiger partial charge in [-0.15, -0.1) is 0 Å². The standard InChI is InChI=1S/C15H23FN2/c1-8(2)5-15-17-9(3)10(4)18(15)14-7-13(16)11-6-12(11)14/h8,11-14H,5-7H2,1-4H3. The smallest absolute Gasteiger partial charge is 0.109 e. The monoisotopic (exact) mass is 250 g/mol. The summed E-state index contributed by atoms with van der Waals surface area (Å²) in [5.74, 6) is 2.70. The van der Waals surface area contributed by atoms with Gasteiger partial charge in [0.05, 0.1) is 5.69 Å². The molecule has 100 valence electrons. The SMILES string of the molecule is Cc1nc(CC(C)C)n(C2CC(F)C3CC32)c1C. The van der Waals surface area contributed by atoms with Crippen LogP contribution in [0.3, 0.4) is 0 Å². The number of hydrogen-bond acceptors (Lipinski definition) is 1. The Balaban J connectivity index is 1.95. The summed E-state index contributed by atoms with van der Waals surface area (Å²) < 4.78 is 16.2. The van der Waals surface area contributed by atoms with Gasteiger partial charge in [0.15, 0.2) is 0 Å². The first-order valence-corrected chi connectivity index (χ1v) is 7.17. The van der Waals surface area contributed by atoms with Crippen molar-refractivity contribution >= 4 is 0 Å². The van der Waals surface area contributed by atoms with Gasteiger partial charge >= 0.3 is 0 Å². The van der Waals surface area contributed by atoms with E-state index in [1.54, 1.807) is 0 Å². The molecule has 0 amide bonds. The molecule has 0 aliphatic heterocycles. The lowest BCUT2D eigenvalue weighted by Gasteiger charge is -2.20. The molecule has 2 aliphatic carbocycles. The zero-order valence-electron chi connectivity index (χ0n) is 11.8. The maximum absolute atomic E-state index is 13.8. The molecule has 2 aliphatic rings. The van der Waals surface area contributed by atoms with E-state index in [0.29, 0.717) is 30.2 Å². The molecule has 0 spiro atoms. The van der Waals surface area contributed by atoms with Gasteiger partial charge in [0.2, 0.25) is 0 Å². The number of nitrogens with zero attached hydrogens (tertiary/aromatic N) is 2. The topological polar surface area (TPSA) is 17.8 Å². The van der Waals surface area contributed by atoms with Crippen molar-refractivity contribution in [3.63, 3.8) is 0 Å². The van der Waals surface area contributed by atoms with Crippen molar-refractivity contribution in [3.8, 4) is 0 Å². The van der Waals surface area contributed by atoms with Crippen molar-refractivity contribution < 1.29 is 4.39 Å². The van der Waals surface area contributed by atoms with Crippen molar-refractivity contribution in [2.45, 2.75) is 59.2 Å². The summed E-state index contributed by atoms with van der Waals surface area (Å²) in [6, 6.07) is 0.375. The van der Waals surface area contributed by atoms with Crippen molar-refractivity contribution in [2.75, 3.05) is 0 Å². The molecule has 1 aromatic rings. The molecule has 18 heavy (non-hydrogen) atoms. The van der Waals surface area contributed by atoms with Gasteiger partial charge in [0, 0.05) is 18.2 Å². The van der Waals surface area contributed by atoms with Gasteiger partial charge in [-0.25, -0.2) is 9.37 Å². The fraction of sp³-hybridized carbons (Fsp3) is 0.800. The third-order valence-corrected chi connectivity index (χ3v) is 4.70. The van der Waals surface area contributed by atoms with Crippen LogP contribution in [-0.4, -0.2) is 15.7 Å². The van der Waals surface area contributed by atoms with Crippen LogP contribution in [-0.2, 0) is 6.42 Å². The normalized spacial score (nSPS) is 34.1. The maximum Gasteiger partial charge on any atom is 0.109 e. The van der Waals surface area contributed by atoms with E-state index in [0.717, 1.165) is 18.5 Å². The summed E-state index contributed by atoms with van der Waals surface area (Å²) >= 11 is 0. The Morgan fingerprint density at radius 2 is 2.00 bits per heavy atom.